The van der Waals surface area contributed by atoms with E-state index in [2.05, 4.69) is 15.0 Å². The van der Waals surface area contributed by atoms with Crippen LogP contribution in [-0.4, -0.2) is 15.0 Å². The number of fused-ring (bicyclic) bond motifs is 2. The second kappa shape index (κ2) is 3.30. The Hall–Kier alpha value is -1.91. The molecular weight excluding hydrogens is 206 g/mol. The maximum absolute atomic E-state index is 11.6. The van der Waals surface area contributed by atoms with E-state index in [4.69, 9.17) is 0 Å². The Labute approximate surface area is 90.5 Å². The molecule has 0 aliphatic heterocycles. The molecule has 0 radical (unpaired) electrons. The summed E-state index contributed by atoms with van der Waals surface area (Å²) in [5.41, 5.74) is 1.69. The summed E-state index contributed by atoms with van der Waals surface area (Å²) in [6, 6.07) is 1.85. The van der Waals surface area contributed by atoms with Crippen molar-refractivity contribution in [2.45, 2.75) is 25.7 Å². The highest BCUT2D eigenvalue weighted by Gasteiger charge is 2.13. The molecule has 0 bridgehead atoms. The van der Waals surface area contributed by atoms with E-state index < -0.39 is 5.69 Å². The maximum atomic E-state index is 11.6. The van der Waals surface area contributed by atoms with Crippen molar-refractivity contribution in [3.63, 3.8) is 0 Å². The standard InChI is InChI=1S/C11H11N3O2/c15-10-7-5-6-3-1-2-4-8(6)12-9(7)13-11(16)14-10/h5H,1-4H2,(H2,12,13,14,15,16). The van der Waals surface area contributed by atoms with Gasteiger partial charge in [-0.05, 0) is 37.3 Å². The molecule has 0 unspecified atom stereocenters. The number of aromatic amines is 2. The predicted octanol–water partition coefficient (Wildman–Crippen LogP) is 0.490. The molecule has 0 aromatic carbocycles. The molecule has 0 amide bonds. The number of rotatable bonds is 0. The van der Waals surface area contributed by atoms with E-state index in [9.17, 15) is 9.59 Å². The average Bonchev–Trinajstić information content (AvgIpc) is 2.27. The Kier molecular flexibility index (Phi) is 1.92. The molecule has 1 aliphatic rings. The van der Waals surface area contributed by atoms with Gasteiger partial charge < -0.3 is 0 Å². The van der Waals surface area contributed by atoms with Crippen LogP contribution >= 0.6 is 0 Å². The molecule has 1 aliphatic carbocycles. The second-order valence-corrected chi connectivity index (χ2v) is 4.11. The highest BCUT2D eigenvalue weighted by molar-refractivity contribution is 5.74. The number of aryl methyl sites for hydroxylation is 2. The van der Waals surface area contributed by atoms with Gasteiger partial charge in [0.1, 0.15) is 5.65 Å². The van der Waals surface area contributed by atoms with Gasteiger partial charge in [0.25, 0.3) is 5.56 Å². The zero-order valence-corrected chi connectivity index (χ0v) is 8.67. The molecule has 5 heteroatoms. The third-order valence-electron chi connectivity index (χ3n) is 3.00. The van der Waals surface area contributed by atoms with E-state index >= 15 is 0 Å². The van der Waals surface area contributed by atoms with Crippen molar-refractivity contribution in [1.82, 2.24) is 15.0 Å². The lowest BCUT2D eigenvalue weighted by Gasteiger charge is -2.14. The lowest BCUT2D eigenvalue weighted by atomic mass is 9.95. The summed E-state index contributed by atoms with van der Waals surface area (Å²) in [6.45, 7) is 0. The van der Waals surface area contributed by atoms with E-state index in [1.54, 1.807) is 0 Å². The number of aromatic nitrogens is 3. The zero-order chi connectivity index (χ0) is 11.1. The van der Waals surface area contributed by atoms with Crippen LogP contribution in [-0.2, 0) is 12.8 Å². The minimum atomic E-state index is -0.499. The third kappa shape index (κ3) is 1.36. The Morgan fingerprint density at radius 2 is 1.94 bits per heavy atom. The van der Waals surface area contributed by atoms with Gasteiger partial charge in [-0.2, -0.15) is 0 Å². The largest absolute Gasteiger partial charge is 0.327 e. The minimum Gasteiger partial charge on any atom is -0.291 e. The summed E-state index contributed by atoms with van der Waals surface area (Å²) < 4.78 is 0. The topological polar surface area (TPSA) is 78.6 Å². The van der Waals surface area contributed by atoms with Crippen LogP contribution in [0.4, 0.5) is 0 Å². The molecule has 2 heterocycles. The average molecular weight is 217 g/mol. The van der Waals surface area contributed by atoms with Crippen LogP contribution < -0.4 is 11.2 Å². The van der Waals surface area contributed by atoms with Gasteiger partial charge >= 0.3 is 5.69 Å². The van der Waals surface area contributed by atoms with Crippen molar-refractivity contribution in [3.8, 4) is 0 Å². The quantitative estimate of drug-likeness (QED) is 0.674. The van der Waals surface area contributed by atoms with Crippen molar-refractivity contribution >= 4 is 11.0 Å². The highest BCUT2D eigenvalue weighted by atomic mass is 16.2. The monoisotopic (exact) mass is 217 g/mol. The molecule has 16 heavy (non-hydrogen) atoms. The fourth-order valence-electron chi connectivity index (χ4n) is 2.21. The summed E-state index contributed by atoms with van der Waals surface area (Å²) in [5, 5.41) is 0.472. The molecule has 0 atom stereocenters. The molecule has 2 aromatic rings. The van der Waals surface area contributed by atoms with Crippen molar-refractivity contribution in [1.29, 1.82) is 0 Å². The van der Waals surface area contributed by atoms with Crippen molar-refractivity contribution in [3.05, 3.63) is 38.2 Å². The molecule has 0 saturated carbocycles. The second-order valence-electron chi connectivity index (χ2n) is 4.11. The van der Waals surface area contributed by atoms with Crippen LogP contribution in [0.5, 0.6) is 0 Å². The van der Waals surface area contributed by atoms with E-state index in [0.29, 0.717) is 11.0 Å². The van der Waals surface area contributed by atoms with Gasteiger partial charge in [0.2, 0.25) is 0 Å². The molecular formula is C11H11N3O2. The van der Waals surface area contributed by atoms with Crippen LogP contribution in [0.2, 0.25) is 0 Å². The number of hydrogen-bond acceptors (Lipinski definition) is 3. The first-order chi connectivity index (χ1) is 7.74. The SMILES string of the molecule is O=c1[nH]c(=O)c2cc3c(nc2[nH]1)CCCC3. The van der Waals surface area contributed by atoms with Gasteiger partial charge in [-0.25, -0.2) is 9.78 Å². The lowest BCUT2D eigenvalue weighted by Crippen LogP contribution is -2.23. The van der Waals surface area contributed by atoms with Crippen molar-refractivity contribution in [2.75, 3.05) is 0 Å². The van der Waals surface area contributed by atoms with E-state index in [0.717, 1.165) is 36.9 Å². The summed E-state index contributed by atoms with van der Waals surface area (Å²) in [4.78, 5) is 31.8. The summed E-state index contributed by atoms with van der Waals surface area (Å²) in [6.07, 6.45) is 4.16. The molecule has 2 aromatic heterocycles. The fraction of sp³-hybridized carbons (Fsp3) is 0.364. The number of H-pyrrole nitrogens is 2. The van der Waals surface area contributed by atoms with E-state index in [1.807, 2.05) is 6.07 Å². The lowest BCUT2D eigenvalue weighted by molar-refractivity contribution is 0.670. The van der Waals surface area contributed by atoms with Crippen LogP contribution in [0.1, 0.15) is 24.1 Å². The van der Waals surface area contributed by atoms with Crippen LogP contribution in [0, 0.1) is 0 Å². The molecule has 0 fully saturated rings. The first-order valence-electron chi connectivity index (χ1n) is 5.39. The molecule has 3 rings (SSSR count). The Bertz CT molecular complexity index is 669. The smallest absolute Gasteiger partial charge is 0.291 e. The molecule has 5 nitrogen and oxygen atoms in total. The molecule has 0 saturated heterocycles. The fourth-order valence-corrected chi connectivity index (χ4v) is 2.21. The summed E-state index contributed by atoms with van der Waals surface area (Å²) in [5.74, 6) is 0. The number of nitrogens with one attached hydrogen (secondary N) is 2. The van der Waals surface area contributed by atoms with Crippen LogP contribution in [0.15, 0.2) is 15.7 Å². The number of hydrogen-bond donors (Lipinski definition) is 2. The van der Waals surface area contributed by atoms with Gasteiger partial charge in [-0.15, -0.1) is 0 Å². The first-order valence-corrected chi connectivity index (χ1v) is 5.39. The molecule has 0 spiro atoms. The Morgan fingerprint density at radius 1 is 1.12 bits per heavy atom. The molecule has 82 valence electrons. The van der Waals surface area contributed by atoms with E-state index in [-0.39, 0.29) is 5.56 Å². The van der Waals surface area contributed by atoms with Crippen LogP contribution in [0.3, 0.4) is 0 Å². The van der Waals surface area contributed by atoms with Crippen molar-refractivity contribution < 1.29 is 0 Å². The Balaban J connectivity index is 2.40. The van der Waals surface area contributed by atoms with Gasteiger partial charge in [0.15, 0.2) is 0 Å². The Morgan fingerprint density at radius 3 is 2.81 bits per heavy atom. The first kappa shape index (κ1) is 9.33. The van der Waals surface area contributed by atoms with E-state index in [1.165, 1.54) is 0 Å². The minimum absolute atomic E-state index is 0.361. The molecule has 2 N–H and O–H groups in total. The van der Waals surface area contributed by atoms with Gasteiger partial charge in [-0.1, -0.05) is 0 Å². The number of nitrogens with zero attached hydrogens (tertiary/aromatic N) is 1. The van der Waals surface area contributed by atoms with Gasteiger partial charge in [0, 0.05) is 5.69 Å². The maximum Gasteiger partial charge on any atom is 0.327 e. The number of pyridine rings is 1. The van der Waals surface area contributed by atoms with Gasteiger partial charge in [-0.3, -0.25) is 14.8 Å². The van der Waals surface area contributed by atoms with Crippen LogP contribution in [0.25, 0.3) is 11.0 Å². The van der Waals surface area contributed by atoms with Crippen molar-refractivity contribution in [2.24, 2.45) is 0 Å². The normalized spacial score (nSPS) is 15.0. The summed E-state index contributed by atoms with van der Waals surface area (Å²) in [7, 11) is 0. The van der Waals surface area contributed by atoms with Gasteiger partial charge in [0.05, 0.1) is 5.39 Å². The third-order valence-corrected chi connectivity index (χ3v) is 3.00. The predicted molar refractivity (Wildman–Crippen MR) is 59.6 cm³/mol. The highest BCUT2D eigenvalue weighted by Crippen LogP contribution is 2.20. The zero-order valence-electron chi connectivity index (χ0n) is 8.67. The summed E-state index contributed by atoms with van der Waals surface area (Å²) >= 11 is 0.